The van der Waals surface area contributed by atoms with E-state index in [2.05, 4.69) is 35.9 Å². The SMILES string of the molecule is CCCCCCc1ccc(CCCCCCCCC(=O)OC)cc1. The Morgan fingerprint density at radius 2 is 1.21 bits per heavy atom. The lowest BCUT2D eigenvalue weighted by molar-refractivity contribution is -0.140. The van der Waals surface area contributed by atoms with Crippen LogP contribution in [0.1, 0.15) is 88.7 Å². The highest BCUT2D eigenvalue weighted by molar-refractivity contribution is 5.68. The second-order valence-corrected chi connectivity index (χ2v) is 6.82. The van der Waals surface area contributed by atoms with Crippen molar-refractivity contribution in [2.45, 2.75) is 90.4 Å². The first-order valence-electron chi connectivity index (χ1n) is 9.91. The maximum atomic E-state index is 11.0. The van der Waals surface area contributed by atoms with Crippen molar-refractivity contribution in [2.24, 2.45) is 0 Å². The van der Waals surface area contributed by atoms with Crippen molar-refractivity contribution in [1.82, 2.24) is 0 Å². The molecule has 2 heteroatoms. The third-order valence-electron chi connectivity index (χ3n) is 4.67. The minimum absolute atomic E-state index is 0.0798. The number of esters is 1. The lowest BCUT2D eigenvalue weighted by Gasteiger charge is -2.05. The summed E-state index contributed by atoms with van der Waals surface area (Å²) in [5.74, 6) is -0.0798. The van der Waals surface area contributed by atoms with Crippen molar-refractivity contribution in [2.75, 3.05) is 7.11 Å². The first kappa shape index (κ1) is 20.7. The topological polar surface area (TPSA) is 26.3 Å². The number of rotatable bonds is 14. The minimum atomic E-state index is -0.0798. The van der Waals surface area contributed by atoms with Crippen LogP contribution in [0.4, 0.5) is 0 Å². The van der Waals surface area contributed by atoms with Gasteiger partial charge in [0.25, 0.3) is 0 Å². The number of hydrogen-bond donors (Lipinski definition) is 0. The fourth-order valence-electron chi connectivity index (χ4n) is 3.04. The third kappa shape index (κ3) is 10.5. The van der Waals surface area contributed by atoms with Gasteiger partial charge in [0.15, 0.2) is 0 Å². The van der Waals surface area contributed by atoms with Crippen LogP contribution in [0.15, 0.2) is 24.3 Å². The summed E-state index contributed by atoms with van der Waals surface area (Å²) in [7, 11) is 1.46. The van der Waals surface area contributed by atoms with Gasteiger partial charge >= 0.3 is 5.97 Å². The minimum Gasteiger partial charge on any atom is -0.469 e. The van der Waals surface area contributed by atoms with Gasteiger partial charge < -0.3 is 4.74 Å². The molecular weight excluding hydrogens is 296 g/mol. The molecule has 0 aliphatic carbocycles. The van der Waals surface area contributed by atoms with Crippen molar-refractivity contribution >= 4 is 5.97 Å². The molecule has 1 aromatic carbocycles. The maximum Gasteiger partial charge on any atom is 0.305 e. The largest absolute Gasteiger partial charge is 0.469 e. The molecule has 136 valence electrons. The zero-order valence-corrected chi connectivity index (χ0v) is 15.8. The Morgan fingerprint density at radius 3 is 1.71 bits per heavy atom. The van der Waals surface area contributed by atoms with Crippen LogP contribution in [0, 0.1) is 0 Å². The van der Waals surface area contributed by atoms with Crippen molar-refractivity contribution in [3.63, 3.8) is 0 Å². The molecule has 0 aliphatic heterocycles. The van der Waals surface area contributed by atoms with E-state index in [-0.39, 0.29) is 5.97 Å². The highest BCUT2D eigenvalue weighted by atomic mass is 16.5. The maximum absolute atomic E-state index is 11.0. The first-order valence-corrected chi connectivity index (χ1v) is 9.91. The van der Waals surface area contributed by atoms with Gasteiger partial charge in [0.05, 0.1) is 7.11 Å². The number of methoxy groups -OCH3 is 1. The van der Waals surface area contributed by atoms with Crippen LogP contribution >= 0.6 is 0 Å². The Morgan fingerprint density at radius 1 is 0.750 bits per heavy atom. The lowest BCUT2D eigenvalue weighted by Crippen LogP contribution is -1.99. The smallest absolute Gasteiger partial charge is 0.305 e. The summed E-state index contributed by atoms with van der Waals surface area (Å²) in [6.07, 6.45) is 15.5. The van der Waals surface area contributed by atoms with Crippen LogP contribution in [0.25, 0.3) is 0 Å². The van der Waals surface area contributed by atoms with Gasteiger partial charge in [-0.15, -0.1) is 0 Å². The molecule has 0 bridgehead atoms. The van der Waals surface area contributed by atoms with Crippen molar-refractivity contribution < 1.29 is 9.53 Å². The van der Waals surface area contributed by atoms with Crippen LogP contribution in [-0.2, 0) is 22.4 Å². The molecular formula is C22H36O2. The molecule has 0 heterocycles. The molecule has 0 radical (unpaired) electrons. The van der Waals surface area contributed by atoms with Gasteiger partial charge in [0, 0.05) is 6.42 Å². The highest BCUT2D eigenvalue weighted by Gasteiger charge is 2.00. The molecule has 0 atom stereocenters. The zero-order valence-electron chi connectivity index (χ0n) is 15.8. The zero-order chi connectivity index (χ0) is 17.5. The van der Waals surface area contributed by atoms with Crippen LogP contribution < -0.4 is 0 Å². The lowest BCUT2D eigenvalue weighted by atomic mass is 10.0. The Kier molecular flexibility index (Phi) is 12.2. The van der Waals surface area contributed by atoms with E-state index in [1.54, 1.807) is 0 Å². The molecule has 0 spiro atoms. The molecule has 0 N–H and O–H groups in total. The van der Waals surface area contributed by atoms with E-state index in [0.29, 0.717) is 6.42 Å². The molecule has 1 rings (SSSR count). The summed E-state index contributed by atoms with van der Waals surface area (Å²) in [6, 6.07) is 9.25. The summed E-state index contributed by atoms with van der Waals surface area (Å²) < 4.78 is 4.65. The molecule has 0 saturated heterocycles. The molecule has 0 unspecified atom stereocenters. The molecule has 2 nitrogen and oxygen atoms in total. The molecule has 0 aromatic heterocycles. The summed E-state index contributed by atoms with van der Waals surface area (Å²) in [5, 5.41) is 0. The quantitative estimate of drug-likeness (QED) is 0.297. The van der Waals surface area contributed by atoms with Crippen molar-refractivity contribution in [3.05, 3.63) is 35.4 Å². The molecule has 0 fully saturated rings. The van der Waals surface area contributed by atoms with E-state index >= 15 is 0 Å². The number of benzene rings is 1. The average Bonchev–Trinajstić information content (AvgIpc) is 2.62. The van der Waals surface area contributed by atoms with Gasteiger partial charge in [0.2, 0.25) is 0 Å². The number of ether oxygens (including phenoxy) is 1. The molecule has 0 amide bonds. The standard InChI is InChI=1S/C22H36O2/c1-3-4-5-10-13-20-16-18-21(19-17-20)14-11-8-6-7-9-12-15-22(23)24-2/h16-19H,3-15H2,1-2H3. The fraction of sp³-hybridized carbons (Fsp3) is 0.682. The molecule has 0 aliphatic rings. The van der Waals surface area contributed by atoms with Crippen LogP contribution in [0.2, 0.25) is 0 Å². The van der Waals surface area contributed by atoms with Gasteiger partial charge in [-0.25, -0.2) is 0 Å². The second kappa shape index (κ2) is 14.1. The van der Waals surface area contributed by atoms with Gasteiger partial charge in [-0.2, -0.15) is 0 Å². The summed E-state index contributed by atoms with van der Waals surface area (Å²) in [5.41, 5.74) is 2.96. The van der Waals surface area contributed by atoms with E-state index in [4.69, 9.17) is 0 Å². The number of carbonyl (C=O) groups excluding carboxylic acids is 1. The van der Waals surface area contributed by atoms with Crippen LogP contribution in [0.5, 0.6) is 0 Å². The van der Waals surface area contributed by atoms with Gasteiger partial charge in [-0.3, -0.25) is 4.79 Å². The van der Waals surface area contributed by atoms with Gasteiger partial charge in [-0.1, -0.05) is 76.1 Å². The van der Waals surface area contributed by atoms with E-state index in [1.165, 1.54) is 82.4 Å². The van der Waals surface area contributed by atoms with E-state index in [1.807, 2.05) is 0 Å². The highest BCUT2D eigenvalue weighted by Crippen LogP contribution is 2.13. The molecule has 1 aromatic rings. The number of aryl methyl sites for hydroxylation is 2. The fourth-order valence-corrected chi connectivity index (χ4v) is 3.04. The summed E-state index contributed by atoms with van der Waals surface area (Å²) in [6.45, 7) is 2.26. The normalized spacial score (nSPS) is 10.8. The monoisotopic (exact) mass is 332 g/mol. The average molecular weight is 333 g/mol. The first-order chi connectivity index (χ1) is 11.8. The van der Waals surface area contributed by atoms with Crippen LogP contribution in [0.3, 0.4) is 0 Å². The summed E-state index contributed by atoms with van der Waals surface area (Å²) >= 11 is 0. The molecule has 24 heavy (non-hydrogen) atoms. The number of unbranched alkanes of at least 4 members (excludes halogenated alkanes) is 8. The third-order valence-corrected chi connectivity index (χ3v) is 4.67. The van der Waals surface area contributed by atoms with E-state index in [9.17, 15) is 4.79 Å². The van der Waals surface area contributed by atoms with Gasteiger partial charge in [0.1, 0.15) is 0 Å². The Labute approximate surface area is 149 Å². The predicted octanol–water partition coefficient (Wildman–Crippen LogP) is 6.26. The Bertz CT molecular complexity index is 422. The number of carbonyl (C=O) groups is 1. The Balaban J connectivity index is 2.01. The number of hydrogen-bond acceptors (Lipinski definition) is 2. The molecule has 0 saturated carbocycles. The Hall–Kier alpha value is -1.31. The van der Waals surface area contributed by atoms with Crippen molar-refractivity contribution in [1.29, 1.82) is 0 Å². The van der Waals surface area contributed by atoms with Crippen LogP contribution in [-0.4, -0.2) is 13.1 Å². The second-order valence-electron chi connectivity index (χ2n) is 6.82. The van der Waals surface area contributed by atoms with Gasteiger partial charge in [-0.05, 0) is 43.2 Å². The van der Waals surface area contributed by atoms with E-state index < -0.39 is 0 Å². The van der Waals surface area contributed by atoms with E-state index in [0.717, 1.165) is 12.8 Å². The summed E-state index contributed by atoms with van der Waals surface area (Å²) in [4.78, 5) is 11.0. The van der Waals surface area contributed by atoms with Crippen molar-refractivity contribution in [3.8, 4) is 0 Å². The predicted molar refractivity (Wildman–Crippen MR) is 102 cm³/mol.